The molecule has 0 N–H and O–H groups in total. The summed E-state index contributed by atoms with van der Waals surface area (Å²) in [7, 11) is 0. The Morgan fingerprint density at radius 2 is 1.64 bits per heavy atom. The fourth-order valence-corrected chi connectivity index (χ4v) is 6.55. The number of hydrogen-bond donors (Lipinski definition) is 0. The fraction of sp³-hybridized carbons (Fsp3) is 0.423. The van der Waals surface area contributed by atoms with E-state index in [-0.39, 0.29) is 18.2 Å². The number of nitrogens with zero attached hydrogens (tertiary/aromatic N) is 1. The van der Waals surface area contributed by atoms with Gasteiger partial charge in [0.25, 0.3) is 0 Å². The van der Waals surface area contributed by atoms with E-state index in [4.69, 9.17) is 4.74 Å². The zero-order valence-corrected chi connectivity index (χ0v) is 24.3. The Balaban J connectivity index is 0.00000385. The number of fused-ring (bicyclic) bond motifs is 1. The molecule has 0 fully saturated rings. The van der Waals surface area contributed by atoms with Crippen LogP contribution in [0.3, 0.4) is 0 Å². The minimum atomic E-state index is 0. The predicted molar refractivity (Wildman–Crippen MR) is 151 cm³/mol. The van der Waals surface area contributed by atoms with Crippen LogP contribution in [0.25, 0.3) is 10.1 Å². The molecule has 0 bridgehead atoms. The van der Waals surface area contributed by atoms with Crippen LogP contribution < -0.4 is 4.74 Å². The molecule has 0 spiro atoms. The third-order valence-electron chi connectivity index (χ3n) is 5.42. The van der Waals surface area contributed by atoms with Crippen molar-refractivity contribution in [3.63, 3.8) is 0 Å². The summed E-state index contributed by atoms with van der Waals surface area (Å²) >= 11 is 8.97. The van der Waals surface area contributed by atoms with Gasteiger partial charge in [-0.25, -0.2) is 0 Å². The normalized spacial score (nSPS) is 11.1. The van der Waals surface area contributed by atoms with Crippen LogP contribution in [0.15, 0.2) is 45.3 Å². The molecule has 2 aromatic carbocycles. The summed E-state index contributed by atoms with van der Waals surface area (Å²) in [5.41, 5.74) is 1.49. The first kappa shape index (κ1) is 28.3. The number of thiophene rings is 1. The monoisotopic (exact) mass is 615 g/mol. The molecule has 180 valence electrons. The van der Waals surface area contributed by atoms with Gasteiger partial charge in [0.1, 0.15) is 5.75 Å². The fourth-order valence-electron chi connectivity index (χ4n) is 4.00. The predicted octanol–water partition coefficient (Wildman–Crippen LogP) is 8.53. The largest absolute Gasteiger partial charge is 0.491 e. The second-order valence-electron chi connectivity index (χ2n) is 7.89. The van der Waals surface area contributed by atoms with Gasteiger partial charge >= 0.3 is 0 Å². The molecule has 1 aromatic heterocycles. The van der Waals surface area contributed by atoms with Gasteiger partial charge in [-0.05, 0) is 88.8 Å². The van der Waals surface area contributed by atoms with Crippen molar-refractivity contribution in [1.82, 2.24) is 4.90 Å². The van der Waals surface area contributed by atoms with Crippen molar-refractivity contribution in [1.29, 1.82) is 0 Å². The minimum absolute atomic E-state index is 0. The van der Waals surface area contributed by atoms with E-state index in [0.29, 0.717) is 12.2 Å². The summed E-state index contributed by atoms with van der Waals surface area (Å²) in [6.07, 6.45) is 4.16. The number of halogens is 3. The standard InChI is InChI=1S/C26H31Br2NO2S.ClH/c1-4-12-29(13-5-2)14-9-15-31-26-20(27)16-18(17-21(26)28)25(30)24-19-10-7-8-11-23(19)32-22(24)6-3;/h7-8,10-11,16-17H,4-6,9,12-15H2,1-3H3;1H. The molecule has 0 saturated heterocycles. The van der Waals surface area contributed by atoms with Crippen molar-refractivity contribution >= 4 is 71.5 Å². The number of carbonyl (C=O) groups is 1. The molecule has 0 aliphatic carbocycles. The lowest BCUT2D eigenvalue weighted by atomic mass is 9.99. The van der Waals surface area contributed by atoms with Crippen LogP contribution in [-0.2, 0) is 6.42 Å². The van der Waals surface area contributed by atoms with Crippen molar-refractivity contribution in [2.45, 2.75) is 46.5 Å². The lowest BCUT2D eigenvalue weighted by molar-refractivity contribution is 0.103. The molecule has 1 heterocycles. The highest BCUT2D eigenvalue weighted by atomic mass is 79.9. The molecule has 0 aliphatic rings. The van der Waals surface area contributed by atoms with E-state index < -0.39 is 0 Å². The van der Waals surface area contributed by atoms with Gasteiger partial charge in [0.2, 0.25) is 0 Å². The zero-order chi connectivity index (χ0) is 23.1. The van der Waals surface area contributed by atoms with Gasteiger partial charge in [-0.15, -0.1) is 23.7 Å². The molecule has 0 amide bonds. The SMILES string of the molecule is CCCN(CCC)CCCOc1c(Br)cc(C(=O)c2c(CC)sc3ccccc23)cc1Br.Cl. The molecule has 0 atom stereocenters. The molecule has 33 heavy (non-hydrogen) atoms. The average Bonchev–Trinajstić information content (AvgIpc) is 3.16. The third-order valence-corrected chi connectivity index (χ3v) is 7.91. The lowest BCUT2D eigenvalue weighted by Gasteiger charge is -2.21. The van der Waals surface area contributed by atoms with E-state index in [1.165, 1.54) is 12.8 Å². The van der Waals surface area contributed by atoms with E-state index in [1.807, 2.05) is 30.3 Å². The number of ether oxygens (including phenoxy) is 1. The van der Waals surface area contributed by atoms with Gasteiger partial charge in [-0.3, -0.25) is 4.79 Å². The summed E-state index contributed by atoms with van der Waals surface area (Å²) < 4.78 is 8.84. The van der Waals surface area contributed by atoms with Crippen molar-refractivity contribution in [2.75, 3.05) is 26.2 Å². The van der Waals surface area contributed by atoms with Gasteiger partial charge in [-0.1, -0.05) is 39.0 Å². The van der Waals surface area contributed by atoms with Crippen molar-refractivity contribution in [3.05, 3.63) is 61.3 Å². The first-order chi connectivity index (χ1) is 15.5. The van der Waals surface area contributed by atoms with Crippen LogP contribution in [0.4, 0.5) is 0 Å². The van der Waals surface area contributed by atoms with Crippen molar-refractivity contribution in [3.8, 4) is 5.75 Å². The summed E-state index contributed by atoms with van der Waals surface area (Å²) in [5, 5.41) is 1.04. The molecule has 0 unspecified atom stereocenters. The molecule has 3 nitrogen and oxygen atoms in total. The number of benzene rings is 2. The number of hydrogen-bond acceptors (Lipinski definition) is 4. The van der Waals surface area contributed by atoms with Gasteiger partial charge in [0.15, 0.2) is 5.78 Å². The molecule has 3 aromatic rings. The van der Waals surface area contributed by atoms with Gasteiger partial charge in [0, 0.05) is 32.6 Å². The second kappa shape index (κ2) is 13.8. The van der Waals surface area contributed by atoms with Crippen LogP contribution in [0, 0.1) is 0 Å². The van der Waals surface area contributed by atoms with Crippen LogP contribution in [0.2, 0.25) is 0 Å². The van der Waals surface area contributed by atoms with Crippen molar-refractivity contribution < 1.29 is 9.53 Å². The Hall–Kier alpha value is -0.920. The number of carbonyl (C=O) groups excluding carboxylic acids is 1. The molecule has 0 saturated carbocycles. The summed E-state index contributed by atoms with van der Waals surface area (Å²) in [6, 6.07) is 11.9. The maximum absolute atomic E-state index is 13.5. The summed E-state index contributed by atoms with van der Waals surface area (Å²) in [5.74, 6) is 0.812. The van der Waals surface area contributed by atoms with Gasteiger partial charge in [-0.2, -0.15) is 0 Å². The number of ketones is 1. The Morgan fingerprint density at radius 1 is 1.00 bits per heavy atom. The highest BCUT2D eigenvalue weighted by molar-refractivity contribution is 9.11. The molecule has 0 aliphatic heterocycles. The molecule has 7 heteroatoms. The van der Waals surface area contributed by atoms with Gasteiger partial charge < -0.3 is 9.64 Å². The molecule has 3 rings (SSSR count). The third kappa shape index (κ3) is 7.04. The maximum Gasteiger partial charge on any atom is 0.194 e. The lowest BCUT2D eigenvalue weighted by Crippen LogP contribution is -2.27. The van der Waals surface area contributed by atoms with Crippen LogP contribution in [0.5, 0.6) is 5.75 Å². The Bertz CT molecular complexity index is 1040. The van der Waals surface area contributed by atoms with Crippen LogP contribution in [0.1, 0.15) is 60.8 Å². The Morgan fingerprint density at radius 3 is 2.24 bits per heavy atom. The zero-order valence-electron chi connectivity index (χ0n) is 19.5. The molecule has 0 radical (unpaired) electrons. The average molecular weight is 618 g/mol. The van der Waals surface area contributed by atoms with Crippen molar-refractivity contribution in [2.24, 2.45) is 0 Å². The van der Waals surface area contributed by atoms with E-state index in [1.54, 1.807) is 11.3 Å². The maximum atomic E-state index is 13.5. The number of aryl methyl sites for hydroxylation is 1. The van der Waals surface area contributed by atoms with E-state index in [2.05, 4.69) is 63.6 Å². The highest BCUT2D eigenvalue weighted by Gasteiger charge is 2.21. The second-order valence-corrected chi connectivity index (χ2v) is 10.7. The molecular weight excluding hydrogens is 586 g/mol. The number of rotatable bonds is 12. The highest BCUT2D eigenvalue weighted by Crippen LogP contribution is 2.38. The summed E-state index contributed by atoms with van der Waals surface area (Å²) in [6.45, 7) is 10.5. The Kier molecular flexibility index (Phi) is 11.9. The quantitative estimate of drug-likeness (QED) is 0.151. The Labute approximate surface area is 224 Å². The topological polar surface area (TPSA) is 29.5 Å². The van der Waals surface area contributed by atoms with E-state index in [0.717, 1.165) is 67.7 Å². The molecular formula is C26H32Br2ClNO2S. The van der Waals surface area contributed by atoms with Crippen LogP contribution in [-0.4, -0.2) is 36.9 Å². The smallest absolute Gasteiger partial charge is 0.194 e. The minimum Gasteiger partial charge on any atom is -0.491 e. The van der Waals surface area contributed by atoms with Gasteiger partial charge in [0.05, 0.1) is 15.6 Å². The van der Waals surface area contributed by atoms with E-state index >= 15 is 0 Å². The first-order valence-corrected chi connectivity index (χ1v) is 13.8. The van der Waals surface area contributed by atoms with Crippen LogP contribution >= 0.6 is 55.6 Å². The first-order valence-electron chi connectivity index (χ1n) is 11.4. The summed E-state index contributed by atoms with van der Waals surface area (Å²) in [4.78, 5) is 17.1. The van der Waals surface area contributed by atoms with E-state index in [9.17, 15) is 4.79 Å².